The minimum absolute atomic E-state index is 0.0286. The lowest BCUT2D eigenvalue weighted by molar-refractivity contribution is -0.145. The Labute approximate surface area is 268 Å². The molecule has 2 amide bonds. The highest BCUT2D eigenvalue weighted by Gasteiger charge is 2.59. The first-order valence-electron chi connectivity index (χ1n) is 15.4. The van der Waals surface area contributed by atoms with Crippen molar-refractivity contribution in [3.05, 3.63) is 53.1 Å². The number of pyridine rings is 1. The molecule has 12 heteroatoms. The van der Waals surface area contributed by atoms with Gasteiger partial charge in [0.1, 0.15) is 17.8 Å². The zero-order valence-corrected chi connectivity index (χ0v) is 26.5. The van der Waals surface area contributed by atoms with Crippen LogP contribution in [-0.4, -0.2) is 97.2 Å². The summed E-state index contributed by atoms with van der Waals surface area (Å²) in [6.45, 7) is 7.08. The highest BCUT2D eigenvalue weighted by molar-refractivity contribution is 6.31. The Bertz CT molecular complexity index is 1510. The van der Waals surface area contributed by atoms with Gasteiger partial charge in [0.15, 0.2) is 0 Å². The van der Waals surface area contributed by atoms with E-state index in [0.717, 1.165) is 47.5 Å². The minimum atomic E-state index is -0.799. The van der Waals surface area contributed by atoms with Crippen molar-refractivity contribution in [3.8, 4) is 12.3 Å². The lowest BCUT2D eigenvalue weighted by Crippen LogP contribution is -2.65. The molecule has 45 heavy (non-hydrogen) atoms. The molecule has 2 aliphatic rings. The first kappa shape index (κ1) is 32.9. The number of halogens is 1. The number of rotatable bonds is 18. The number of hydrogen-bond acceptors (Lipinski definition) is 8. The second-order valence-corrected chi connectivity index (χ2v) is 11.6. The number of carbonyl (C=O) groups excluding carboxylic acids is 2. The van der Waals surface area contributed by atoms with Crippen LogP contribution in [0.5, 0.6) is 0 Å². The third-order valence-electron chi connectivity index (χ3n) is 8.12. The SMILES string of the molecule is C#CCOCCOCCOCCOCCC(=O)N1CC2(C1)C(=O)N(Cc1nc3cc(Cl)ccc3n1CCCC)c1ccncc12. The molecule has 5 rings (SSSR count). The third kappa shape index (κ3) is 7.48. The van der Waals surface area contributed by atoms with Gasteiger partial charge < -0.3 is 33.3 Å². The molecule has 1 spiro atoms. The molecule has 0 atom stereocenters. The Morgan fingerprint density at radius 1 is 1.04 bits per heavy atom. The molecule has 3 aromatic rings. The van der Waals surface area contributed by atoms with Crippen molar-refractivity contribution in [1.29, 1.82) is 0 Å². The van der Waals surface area contributed by atoms with Crippen molar-refractivity contribution in [3.63, 3.8) is 0 Å². The average Bonchev–Trinajstić information content (AvgIpc) is 3.48. The first-order chi connectivity index (χ1) is 22.0. The summed E-state index contributed by atoms with van der Waals surface area (Å²) in [4.78, 5) is 39.7. The maximum Gasteiger partial charge on any atom is 0.241 e. The zero-order chi connectivity index (χ0) is 31.6. The standard InChI is InChI=1S/C33H40ClN5O6/c1-3-5-11-38-29-7-6-25(34)20-27(29)36-30(38)22-39-28-8-10-35-21-26(28)33(32(39)41)23-37(24-33)31(40)9-13-43-15-17-45-19-18-44-16-14-42-12-4-2/h2,6-8,10,20-21H,3,5,9,11-19,22-24H2,1H3. The number of unbranched alkanes of at least 4 members (excludes halogenated alkanes) is 1. The number of nitrogens with zero attached hydrogens (tertiary/aromatic N) is 5. The topological polar surface area (TPSA) is 108 Å². The summed E-state index contributed by atoms with van der Waals surface area (Å²) in [7, 11) is 0. The van der Waals surface area contributed by atoms with Crippen molar-refractivity contribution in [1.82, 2.24) is 19.4 Å². The monoisotopic (exact) mass is 637 g/mol. The lowest BCUT2D eigenvalue weighted by Gasteiger charge is -2.46. The molecule has 1 saturated heterocycles. The molecular formula is C33H40ClN5O6. The molecule has 240 valence electrons. The van der Waals surface area contributed by atoms with Crippen LogP contribution in [0, 0.1) is 12.3 Å². The summed E-state index contributed by atoms with van der Waals surface area (Å²) >= 11 is 6.26. The summed E-state index contributed by atoms with van der Waals surface area (Å²) in [6, 6.07) is 7.59. The molecule has 0 aliphatic carbocycles. The van der Waals surface area contributed by atoms with Crippen LogP contribution in [0.1, 0.15) is 37.6 Å². The van der Waals surface area contributed by atoms with Gasteiger partial charge in [-0.2, -0.15) is 0 Å². The average molecular weight is 638 g/mol. The van der Waals surface area contributed by atoms with Crippen molar-refractivity contribution in [2.75, 3.05) is 70.8 Å². The van der Waals surface area contributed by atoms with Crippen molar-refractivity contribution < 1.29 is 28.5 Å². The number of imidazole rings is 1. The van der Waals surface area contributed by atoms with E-state index in [4.69, 9.17) is 42.0 Å². The number of anilines is 1. The lowest BCUT2D eigenvalue weighted by atomic mass is 9.75. The summed E-state index contributed by atoms with van der Waals surface area (Å²) < 4.78 is 23.8. The number of terminal acetylenes is 1. The van der Waals surface area contributed by atoms with Gasteiger partial charge in [0.05, 0.1) is 75.9 Å². The second-order valence-electron chi connectivity index (χ2n) is 11.1. The van der Waals surface area contributed by atoms with Crippen LogP contribution in [-0.2, 0) is 47.0 Å². The maximum absolute atomic E-state index is 14.1. The molecule has 1 fully saturated rings. The summed E-state index contributed by atoms with van der Waals surface area (Å²) in [5.41, 5.74) is 2.69. The van der Waals surface area contributed by atoms with E-state index in [0.29, 0.717) is 64.3 Å². The van der Waals surface area contributed by atoms with E-state index in [-0.39, 0.29) is 31.4 Å². The Kier molecular flexibility index (Phi) is 11.4. The number of aromatic nitrogens is 3. The molecule has 0 bridgehead atoms. The van der Waals surface area contributed by atoms with Gasteiger partial charge in [-0.1, -0.05) is 30.9 Å². The maximum atomic E-state index is 14.1. The van der Waals surface area contributed by atoms with E-state index >= 15 is 0 Å². The van der Waals surface area contributed by atoms with Crippen LogP contribution in [0.25, 0.3) is 11.0 Å². The van der Waals surface area contributed by atoms with E-state index in [9.17, 15) is 9.59 Å². The van der Waals surface area contributed by atoms with Gasteiger partial charge in [-0.25, -0.2) is 4.98 Å². The number of fused-ring (bicyclic) bond motifs is 3. The van der Waals surface area contributed by atoms with Crippen LogP contribution < -0.4 is 4.90 Å². The highest BCUT2D eigenvalue weighted by atomic mass is 35.5. The van der Waals surface area contributed by atoms with Gasteiger partial charge in [0.2, 0.25) is 11.8 Å². The van der Waals surface area contributed by atoms with Gasteiger partial charge in [-0.3, -0.25) is 14.6 Å². The molecule has 1 aromatic carbocycles. The van der Waals surface area contributed by atoms with Crippen LogP contribution >= 0.6 is 11.6 Å². The smallest absolute Gasteiger partial charge is 0.241 e. The second kappa shape index (κ2) is 15.7. The van der Waals surface area contributed by atoms with Gasteiger partial charge >= 0.3 is 0 Å². The fourth-order valence-electron chi connectivity index (χ4n) is 5.81. The largest absolute Gasteiger partial charge is 0.379 e. The Hall–Kier alpha value is -3.53. The Balaban J connectivity index is 1.11. The predicted molar refractivity (Wildman–Crippen MR) is 170 cm³/mol. The van der Waals surface area contributed by atoms with Crippen LogP contribution in [0.2, 0.25) is 5.02 Å². The molecule has 0 unspecified atom stereocenters. The van der Waals surface area contributed by atoms with E-state index in [2.05, 4.69) is 22.4 Å². The molecule has 0 saturated carbocycles. The normalized spacial score (nSPS) is 15.1. The van der Waals surface area contributed by atoms with Crippen molar-refractivity contribution >= 4 is 40.1 Å². The highest BCUT2D eigenvalue weighted by Crippen LogP contribution is 2.47. The van der Waals surface area contributed by atoms with Crippen molar-refractivity contribution in [2.45, 2.75) is 44.7 Å². The van der Waals surface area contributed by atoms with E-state index in [1.165, 1.54) is 0 Å². The number of ether oxygens (including phenoxy) is 4. The Morgan fingerprint density at radius 3 is 2.47 bits per heavy atom. The van der Waals surface area contributed by atoms with Crippen LogP contribution in [0.3, 0.4) is 0 Å². The summed E-state index contributed by atoms with van der Waals surface area (Å²) in [5, 5.41) is 0.625. The third-order valence-corrected chi connectivity index (χ3v) is 8.35. The quantitative estimate of drug-likeness (QED) is 0.154. The predicted octanol–water partition coefficient (Wildman–Crippen LogP) is 3.60. The van der Waals surface area contributed by atoms with E-state index in [1.807, 2.05) is 24.3 Å². The molecule has 0 radical (unpaired) electrons. The molecule has 2 aliphatic heterocycles. The van der Waals surface area contributed by atoms with Gasteiger partial charge in [-0.15, -0.1) is 6.42 Å². The van der Waals surface area contributed by atoms with E-state index in [1.54, 1.807) is 22.2 Å². The summed E-state index contributed by atoms with van der Waals surface area (Å²) in [5.74, 6) is 3.13. The van der Waals surface area contributed by atoms with Crippen LogP contribution in [0.4, 0.5) is 5.69 Å². The number of likely N-dealkylation sites (tertiary alicyclic amines) is 1. The van der Waals surface area contributed by atoms with Crippen molar-refractivity contribution in [2.24, 2.45) is 0 Å². The summed E-state index contributed by atoms with van der Waals surface area (Å²) in [6.07, 6.45) is 10.8. The van der Waals surface area contributed by atoms with E-state index < -0.39 is 5.41 Å². The molecule has 2 aromatic heterocycles. The van der Waals surface area contributed by atoms with Gasteiger partial charge in [-0.05, 0) is 30.7 Å². The fraction of sp³-hybridized carbons (Fsp3) is 0.515. The number of hydrogen-bond donors (Lipinski definition) is 0. The number of benzene rings is 1. The van der Waals surface area contributed by atoms with Gasteiger partial charge in [0, 0.05) is 42.6 Å². The van der Waals surface area contributed by atoms with Gasteiger partial charge in [0.25, 0.3) is 0 Å². The molecule has 0 N–H and O–H groups in total. The number of amides is 2. The minimum Gasteiger partial charge on any atom is -0.379 e. The molecular weight excluding hydrogens is 598 g/mol. The van der Waals surface area contributed by atoms with Crippen LogP contribution in [0.15, 0.2) is 36.7 Å². The fourth-order valence-corrected chi connectivity index (χ4v) is 5.97. The first-order valence-corrected chi connectivity index (χ1v) is 15.8. The number of carbonyl (C=O) groups is 2. The Morgan fingerprint density at radius 2 is 1.76 bits per heavy atom. The number of aryl methyl sites for hydroxylation is 1. The molecule has 4 heterocycles. The zero-order valence-electron chi connectivity index (χ0n) is 25.7. The molecule has 11 nitrogen and oxygen atoms in total.